The van der Waals surface area contributed by atoms with Gasteiger partial charge in [0.1, 0.15) is 12.1 Å². The summed E-state index contributed by atoms with van der Waals surface area (Å²) < 4.78 is 28.9. The van der Waals surface area contributed by atoms with Crippen LogP contribution in [0.5, 0.6) is 0 Å². The highest BCUT2D eigenvalue weighted by Crippen LogP contribution is 2.23. The van der Waals surface area contributed by atoms with Gasteiger partial charge in [-0.2, -0.15) is 0 Å². The molecule has 0 amide bonds. The first-order valence-electron chi connectivity index (χ1n) is 7.95. The number of morpholine rings is 1. The number of hydrogen-bond acceptors (Lipinski definition) is 7. The smallest absolute Gasteiger partial charge is 0.175 e. The maximum Gasteiger partial charge on any atom is 0.175 e. The Labute approximate surface area is 142 Å². The molecule has 2 aromatic rings. The summed E-state index contributed by atoms with van der Waals surface area (Å²) in [6, 6.07) is 5.09. The first-order valence-corrected chi connectivity index (χ1v) is 9.84. The van der Waals surface area contributed by atoms with Gasteiger partial charge in [-0.1, -0.05) is 0 Å². The molecule has 0 bridgehead atoms. The molecule has 1 fully saturated rings. The Bertz CT molecular complexity index is 819. The molecule has 7 nitrogen and oxygen atoms in total. The van der Waals surface area contributed by atoms with Crippen LogP contribution in [0, 0.1) is 0 Å². The zero-order chi connectivity index (χ0) is 17.2. The molecule has 130 valence electrons. The van der Waals surface area contributed by atoms with Crippen LogP contribution in [0.3, 0.4) is 0 Å². The predicted octanol–water partition coefficient (Wildman–Crippen LogP) is 1.17. The monoisotopic (exact) mass is 350 g/mol. The average molecular weight is 350 g/mol. The molecule has 8 heteroatoms. The predicted molar refractivity (Wildman–Crippen MR) is 93.0 cm³/mol. The number of nitrogens with zero attached hydrogens (tertiary/aromatic N) is 3. The van der Waals surface area contributed by atoms with E-state index in [1.54, 1.807) is 18.2 Å². The fourth-order valence-electron chi connectivity index (χ4n) is 2.83. The van der Waals surface area contributed by atoms with Crippen LogP contribution in [0.1, 0.15) is 6.92 Å². The Kier molecular flexibility index (Phi) is 4.98. The van der Waals surface area contributed by atoms with Crippen molar-refractivity contribution in [2.75, 3.05) is 44.4 Å². The minimum atomic E-state index is -3.27. The molecule has 1 atom stereocenters. The highest BCUT2D eigenvalue weighted by atomic mass is 32.2. The molecule has 1 saturated heterocycles. The molecule has 1 unspecified atom stereocenters. The van der Waals surface area contributed by atoms with E-state index in [0.717, 1.165) is 38.4 Å². The molecule has 1 aliphatic rings. The number of ether oxygens (including phenoxy) is 1. The molecule has 1 aromatic heterocycles. The van der Waals surface area contributed by atoms with Gasteiger partial charge < -0.3 is 10.1 Å². The average Bonchev–Trinajstić information content (AvgIpc) is 2.55. The van der Waals surface area contributed by atoms with Gasteiger partial charge in [-0.15, -0.1) is 0 Å². The van der Waals surface area contributed by atoms with E-state index >= 15 is 0 Å². The van der Waals surface area contributed by atoms with E-state index in [1.807, 2.05) is 0 Å². The van der Waals surface area contributed by atoms with Crippen molar-refractivity contribution in [1.29, 1.82) is 0 Å². The van der Waals surface area contributed by atoms with Gasteiger partial charge >= 0.3 is 0 Å². The van der Waals surface area contributed by atoms with Crippen molar-refractivity contribution in [3.05, 3.63) is 24.5 Å². The zero-order valence-electron chi connectivity index (χ0n) is 13.9. The third-order valence-electron chi connectivity index (χ3n) is 4.05. The number of fused-ring (bicyclic) bond motifs is 1. The van der Waals surface area contributed by atoms with Crippen LogP contribution in [0.25, 0.3) is 10.9 Å². The number of hydrogen-bond donors (Lipinski definition) is 1. The van der Waals surface area contributed by atoms with Crippen molar-refractivity contribution in [2.45, 2.75) is 17.9 Å². The third kappa shape index (κ3) is 4.00. The molecular formula is C16H22N4O3S. The summed E-state index contributed by atoms with van der Waals surface area (Å²) in [5.41, 5.74) is 0.721. The maximum atomic E-state index is 11.8. The summed E-state index contributed by atoms with van der Waals surface area (Å²) in [5, 5.41) is 4.10. The second-order valence-electron chi connectivity index (χ2n) is 6.13. The van der Waals surface area contributed by atoms with Gasteiger partial charge in [0.05, 0.1) is 23.6 Å². The summed E-state index contributed by atoms with van der Waals surface area (Å²) in [6.45, 7) is 6.34. The fraction of sp³-hybridized carbons (Fsp3) is 0.500. The van der Waals surface area contributed by atoms with E-state index in [2.05, 4.69) is 27.1 Å². The molecule has 1 N–H and O–H groups in total. The lowest BCUT2D eigenvalue weighted by molar-refractivity contribution is 0.0368. The van der Waals surface area contributed by atoms with Crippen molar-refractivity contribution in [3.63, 3.8) is 0 Å². The molecule has 1 aromatic carbocycles. The number of anilines is 1. The van der Waals surface area contributed by atoms with Gasteiger partial charge in [0.15, 0.2) is 9.84 Å². The topological polar surface area (TPSA) is 84.4 Å². The van der Waals surface area contributed by atoms with Crippen LogP contribution < -0.4 is 5.32 Å². The van der Waals surface area contributed by atoms with Crippen LogP contribution in [0.15, 0.2) is 29.4 Å². The van der Waals surface area contributed by atoms with Crippen LogP contribution in [-0.4, -0.2) is 68.4 Å². The zero-order valence-corrected chi connectivity index (χ0v) is 14.7. The highest BCUT2D eigenvalue weighted by Gasteiger charge is 2.16. The maximum absolute atomic E-state index is 11.8. The number of sulfone groups is 1. The molecule has 0 spiro atoms. The van der Waals surface area contributed by atoms with Gasteiger partial charge in [0.2, 0.25) is 0 Å². The normalized spacial score (nSPS) is 17.8. The van der Waals surface area contributed by atoms with E-state index in [1.165, 1.54) is 12.6 Å². The second kappa shape index (κ2) is 7.00. The molecule has 0 saturated carbocycles. The molecule has 0 radical (unpaired) electrons. The Morgan fingerprint density at radius 3 is 2.75 bits per heavy atom. The minimum Gasteiger partial charge on any atom is -0.379 e. The lowest BCUT2D eigenvalue weighted by Crippen LogP contribution is -2.42. The lowest BCUT2D eigenvalue weighted by atomic mass is 10.2. The highest BCUT2D eigenvalue weighted by molar-refractivity contribution is 7.90. The quantitative estimate of drug-likeness (QED) is 0.866. The Morgan fingerprint density at radius 1 is 1.29 bits per heavy atom. The number of aromatic nitrogens is 2. The van der Waals surface area contributed by atoms with Gasteiger partial charge in [-0.25, -0.2) is 18.4 Å². The van der Waals surface area contributed by atoms with Crippen LogP contribution >= 0.6 is 0 Å². The summed E-state index contributed by atoms with van der Waals surface area (Å²) in [6.07, 6.45) is 2.69. The minimum absolute atomic E-state index is 0.170. The van der Waals surface area contributed by atoms with Crippen LogP contribution in [0.4, 0.5) is 5.82 Å². The first kappa shape index (κ1) is 17.1. The van der Waals surface area contributed by atoms with Crippen LogP contribution in [0.2, 0.25) is 0 Å². The number of benzene rings is 1. The van der Waals surface area contributed by atoms with E-state index in [4.69, 9.17) is 4.74 Å². The SMILES string of the molecule is CC(CN1CCOCC1)Nc1ncnc2ccc(S(C)(=O)=O)cc12. The fourth-order valence-corrected chi connectivity index (χ4v) is 3.48. The van der Waals surface area contributed by atoms with Crippen molar-refractivity contribution in [1.82, 2.24) is 14.9 Å². The Morgan fingerprint density at radius 2 is 2.04 bits per heavy atom. The van der Waals surface area contributed by atoms with Crippen molar-refractivity contribution >= 4 is 26.6 Å². The standard InChI is InChI=1S/C16H22N4O3S/c1-12(10-20-5-7-23-8-6-20)19-16-14-9-13(24(2,21)22)3-4-15(14)17-11-18-16/h3-4,9,11-12H,5-8,10H2,1-2H3,(H,17,18,19). The summed E-state index contributed by atoms with van der Waals surface area (Å²) in [7, 11) is -3.27. The van der Waals surface area contributed by atoms with Gasteiger partial charge in [0, 0.05) is 37.3 Å². The van der Waals surface area contributed by atoms with E-state index in [-0.39, 0.29) is 10.9 Å². The Hall–Kier alpha value is -1.77. The summed E-state index contributed by atoms with van der Waals surface area (Å²) in [4.78, 5) is 11.1. The van der Waals surface area contributed by atoms with Crippen molar-refractivity contribution in [3.8, 4) is 0 Å². The molecular weight excluding hydrogens is 328 g/mol. The Balaban J connectivity index is 1.82. The molecule has 0 aliphatic carbocycles. The van der Waals surface area contributed by atoms with Gasteiger partial charge in [-0.3, -0.25) is 4.90 Å². The van der Waals surface area contributed by atoms with Gasteiger partial charge in [-0.05, 0) is 25.1 Å². The van der Waals surface area contributed by atoms with Crippen molar-refractivity contribution in [2.24, 2.45) is 0 Å². The number of rotatable bonds is 5. The van der Waals surface area contributed by atoms with E-state index in [0.29, 0.717) is 11.2 Å². The third-order valence-corrected chi connectivity index (χ3v) is 5.16. The summed E-state index contributed by atoms with van der Waals surface area (Å²) in [5.74, 6) is 0.659. The van der Waals surface area contributed by atoms with E-state index in [9.17, 15) is 8.42 Å². The molecule has 24 heavy (non-hydrogen) atoms. The van der Waals surface area contributed by atoms with Crippen LogP contribution in [-0.2, 0) is 14.6 Å². The first-order chi connectivity index (χ1) is 11.4. The summed E-state index contributed by atoms with van der Waals surface area (Å²) >= 11 is 0. The molecule has 1 aliphatic heterocycles. The molecule has 2 heterocycles. The van der Waals surface area contributed by atoms with Gasteiger partial charge in [0.25, 0.3) is 0 Å². The largest absolute Gasteiger partial charge is 0.379 e. The number of nitrogens with one attached hydrogen (secondary N) is 1. The van der Waals surface area contributed by atoms with Crippen molar-refractivity contribution < 1.29 is 13.2 Å². The second-order valence-corrected chi connectivity index (χ2v) is 8.15. The van der Waals surface area contributed by atoms with E-state index < -0.39 is 9.84 Å². The molecule has 3 rings (SSSR count). The lowest BCUT2D eigenvalue weighted by Gasteiger charge is -2.29.